The zero-order chi connectivity index (χ0) is 19.0. The van der Waals surface area contributed by atoms with E-state index in [2.05, 4.69) is 15.3 Å². The Bertz CT molecular complexity index is 586. The molecule has 0 aromatic carbocycles. The number of carbonyl (C=O) groups excluding carboxylic acids is 2. The lowest BCUT2D eigenvalue weighted by atomic mass is 9.73. The van der Waals surface area contributed by atoms with E-state index in [1.165, 1.54) is 0 Å². The molecule has 7 heteroatoms. The normalized spacial score (nSPS) is 16.5. The van der Waals surface area contributed by atoms with Crippen LogP contribution < -0.4 is 5.32 Å². The molecule has 1 aliphatic heterocycles. The smallest absolute Gasteiger partial charge is 0.226 e. The van der Waals surface area contributed by atoms with Crippen LogP contribution in [0.1, 0.15) is 51.6 Å². The first-order chi connectivity index (χ1) is 12.5. The highest BCUT2D eigenvalue weighted by Crippen LogP contribution is 2.37. The van der Waals surface area contributed by atoms with Crippen molar-refractivity contribution in [1.29, 1.82) is 0 Å². The minimum absolute atomic E-state index is 0.0810. The number of nitrogens with one attached hydrogen (secondary N) is 1. The minimum Gasteiger partial charge on any atom is -0.353 e. The van der Waals surface area contributed by atoms with Gasteiger partial charge in [-0.25, -0.2) is 0 Å². The zero-order valence-corrected chi connectivity index (χ0v) is 16.5. The third kappa shape index (κ3) is 5.66. The topological polar surface area (TPSA) is 75.2 Å². The number of piperidine rings is 1. The Morgan fingerprint density at radius 2 is 2.04 bits per heavy atom. The number of halogens is 1. The van der Waals surface area contributed by atoms with E-state index >= 15 is 0 Å². The van der Waals surface area contributed by atoms with Crippen LogP contribution in [0.5, 0.6) is 0 Å². The molecule has 0 saturated carbocycles. The van der Waals surface area contributed by atoms with Crippen LogP contribution in [0.4, 0.5) is 0 Å². The number of amides is 2. The largest absolute Gasteiger partial charge is 0.353 e. The predicted molar refractivity (Wildman–Crippen MR) is 102 cm³/mol. The molecule has 6 nitrogen and oxygen atoms in total. The number of hydrogen-bond donors (Lipinski definition) is 1. The molecule has 0 bridgehead atoms. The second-order valence-electron chi connectivity index (χ2n) is 7.28. The highest BCUT2D eigenvalue weighted by Gasteiger charge is 2.41. The Morgan fingerprint density at radius 3 is 2.62 bits per heavy atom. The summed E-state index contributed by atoms with van der Waals surface area (Å²) in [4.78, 5) is 35.2. The van der Waals surface area contributed by atoms with E-state index in [0.717, 1.165) is 25.0 Å². The number of carbonyl (C=O) groups is 2. The predicted octanol–water partition coefficient (Wildman–Crippen LogP) is 2.56. The molecule has 0 unspecified atom stereocenters. The van der Waals surface area contributed by atoms with Crippen molar-refractivity contribution in [3.05, 3.63) is 24.3 Å². The van der Waals surface area contributed by atoms with E-state index in [0.29, 0.717) is 38.2 Å². The first kappa shape index (κ1) is 20.6. The third-order valence-corrected chi connectivity index (χ3v) is 5.18. The highest BCUT2D eigenvalue weighted by atomic mass is 35.5. The van der Waals surface area contributed by atoms with Crippen LogP contribution in [0.3, 0.4) is 0 Å². The average molecular weight is 381 g/mol. The summed E-state index contributed by atoms with van der Waals surface area (Å²) in [5.74, 6) is 0.528. The number of hydrogen-bond acceptors (Lipinski definition) is 4. The molecule has 144 valence electrons. The molecule has 0 atom stereocenters. The van der Waals surface area contributed by atoms with Crippen LogP contribution in [0.15, 0.2) is 18.6 Å². The van der Waals surface area contributed by atoms with Crippen LogP contribution >= 0.6 is 11.6 Å². The summed E-state index contributed by atoms with van der Waals surface area (Å²) in [6, 6.07) is 0.107. The first-order valence-electron chi connectivity index (χ1n) is 9.36. The number of rotatable bonds is 8. The van der Waals surface area contributed by atoms with Gasteiger partial charge in [0.1, 0.15) is 0 Å². The molecule has 1 saturated heterocycles. The molecule has 26 heavy (non-hydrogen) atoms. The average Bonchev–Trinajstić information content (AvgIpc) is 2.63. The van der Waals surface area contributed by atoms with E-state index in [9.17, 15) is 9.59 Å². The van der Waals surface area contributed by atoms with Crippen molar-refractivity contribution in [2.24, 2.45) is 5.41 Å². The van der Waals surface area contributed by atoms with Crippen molar-refractivity contribution in [3.63, 3.8) is 0 Å². The maximum absolute atomic E-state index is 12.9. The molecule has 1 aliphatic rings. The van der Waals surface area contributed by atoms with E-state index in [1.807, 2.05) is 18.7 Å². The zero-order valence-electron chi connectivity index (χ0n) is 15.7. The molecule has 1 aromatic rings. The molecule has 2 heterocycles. The molecule has 1 N–H and O–H groups in total. The summed E-state index contributed by atoms with van der Waals surface area (Å²) >= 11 is 5.68. The summed E-state index contributed by atoms with van der Waals surface area (Å²) in [6.45, 7) is 5.19. The molecule has 2 amide bonds. The van der Waals surface area contributed by atoms with Gasteiger partial charge in [-0.3, -0.25) is 19.6 Å². The van der Waals surface area contributed by atoms with Crippen LogP contribution in [-0.4, -0.2) is 51.7 Å². The van der Waals surface area contributed by atoms with E-state index in [1.54, 1.807) is 18.6 Å². The van der Waals surface area contributed by atoms with Gasteiger partial charge in [0, 0.05) is 50.0 Å². The van der Waals surface area contributed by atoms with E-state index in [4.69, 9.17) is 11.6 Å². The van der Waals surface area contributed by atoms with Crippen molar-refractivity contribution < 1.29 is 9.59 Å². The van der Waals surface area contributed by atoms with Crippen LogP contribution in [-0.2, 0) is 16.0 Å². The molecular formula is C19H29ClN4O2. The molecule has 1 fully saturated rings. The van der Waals surface area contributed by atoms with Gasteiger partial charge in [0.05, 0.1) is 11.1 Å². The molecule has 0 spiro atoms. The maximum Gasteiger partial charge on any atom is 0.226 e. The van der Waals surface area contributed by atoms with Crippen molar-refractivity contribution in [3.8, 4) is 0 Å². The second-order valence-corrected chi connectivity index (χ2v) is 7.66. The van der Waals surface area contributed by atoms with Crippen molar-refractivity contribution in [1.82, 2.24) is 20.2 Å². The number of nitrogens with zero attached hydrogens (tertiary/aromatic N) is 3. The second kappa shape index (κ2) is 9.86. The molecule has 1 aromatic heterocycles. The number of likely N-dealkylation sites (tertiary alicyclic amines) is 1. The van der Waals surface area contributed by atoms with Gasteiger partial charge >= 0.3 is 0 Å². The van der Waals surface area contributed by atoms with Crippen LogP contribution in [0.2, 0.25) is 0 Å². The summed E-state index contributed by atoms with van der Waals surface area (Å²) < 4.78 is 0. The van der Waals surface area contributed by atoms with E-state index < -0.39 is 5.41 Å². The summed E-state index contributed by atoms with van der Waals surface area (Å²) in [6.07, 6.45) is 9.35. The quantitative estimate of drug-likeness (QED) is 0.703. The third-order valence-electron chi connectivity index (χ3n) is 4.99. The lowest BCUT2D eigenvalue weighted by molar-refractivity contribution is -0.141. The highest BCUT2D eigenvalue weighted by molar-refractivity contribution is 6.18. The Morgan fingerprint density at radius 1 is 1.31 bits per heavy atom. The van der Waals surface area contributed by atoms with Gasteiger partial charge in [-0.15, -0.1) is 11.6 Å². The van der Waals surface area contributed by atoms with Crippen molar-refractivity contribution in [2.45, 2.75) is 58.4 Å². The fourth-order valence-corrected chi connectivity index (χ4v) is 3.66. The number of aromatic nitrogens is 2. The lowest BCUT2D eigenvalue weighted by Gasteiger charge is -2.41. The summed E-state index contributed by atoms with van der Waals surface area (Å²) in [7, 11) is 0. The molecule has 2 rings (SSSR count). The van der Waals surface area contributed by atoms with Gasteiger partial charge in [0.2, 0.25) is 11.8 Å². The summed E-state index contributed by atoms with van der Waals surface area (Å²) in [5, 5.41) is 3.08. The van der Waals surface area contributed by atoms with Gasteiger partial charge in [0.25, 0.3) is 0 Å². The Labute approximate surface area is 160 Å². The molecule has 0 aliphatic carbocycles. The maximum atomic E-state index is 12.9. The molecule has 0 radical (unpaired) electrons. The molecular weight excluding hydrogens is 352 g/mol. The fraction of sp³-hybridized carbons (Fsp3) is 0.684. The Kier molecular flexibility index (Phi) is 7.82. The first-order valence-corrected chi connectivity index (χ1v) is 9.90. The monoisotopic (exact) mass is 380 g/mol. The SMILES string of the molecule is CC(C)NC(=O)C1(CCCc2cnccn2)CCN(C(=O)CCCl)CC1. The standard InChI is InChI=1S/C19H29ClN4O2/c1-15(2)23-18(26)19(6-3-4-16-14-21-10-11-22-16)7-12-24(13-8-19)17(25)5-9-20/h10-11,14-15H,3-9,12-13H2,1-2H3,(H,23,26). The summed E-state index contributed by atoms with van der Waals surface area (Å²) in [5.41, 5.74) is 0.533. The van der Waals surface area contributed by atoms with Gasteiger partial charge < -0.3 is 10.2 Å². The lowest BCUT2D eigenvalue weighted by Crippen LogP contribution is -2.51. The van der Waals surface area contributed by atoms with Gasteiger partial charge in [-0.2, -0.15) is 0 Å². The number of aryl methyl sites for hydroxylation is 1. The fourth-order valence-electron chi connectivity index (χ4n) is 3.50. The van der Waals surface area contributed by atoms with Crippen LogP contribution in [0.25, 0.3) is 0 Å². The van der Waals surface area contributed by atoms with Crippen molar-refractivity contribution in [2.75, 3.05) is 19.0 Å². The minimum atomic E-state index is -0.412. The van der Waals surface area contributed by atoms with Gasteiger partial charge in [-0.05, 0) is 46.0 Å². The van der Waals surface area contributed by atoms with Gasteiger partial charge in [-0.1, -0.05) is 0 Å². The van der Waals surface area contributed by atoms with Crippen molar-refractivity contribution >= 4 is 23.4 Å². The van der Waals surface area contributed by atoms with E-state index in [-0.39, 0.29) is 17.9 Å². The number of alkyl halides is 1. The Hall–Kier alpha value is -1.69. The van der Waals surface area contributed by atoms with Gasteiger partial charge in [0.15, 0.2) is 0 Å². The Balaban J connectivity index is 1.99. The van der Waals surface area contributed by atoms with Crippen LogP contribution in [0, 0.1) is 5.41 Å².